The fraction of sp³-hybridized carbons (Fsp3) is 0.400. The summed E-state index contributed by atoms with van der Waals surface area (Å²) in [6.45, 7) is 0.998. The van der Waals surface area contributed by atoms with Gasteiger partial charge in [-0.25, -0.2) is 4.39 Å². The van der Waals surface area contributed by atoms with E-state index in [0.717, 1.165) is 24.9 Å². The molecule has 1 saturated heterocycles. The summed E-state index contributed by atoms with van der Waals surface area (Å²) in [5, 5.41) is 3.94. The molecule has 0 spiro atoms. The van der Waals surface area contributed by atoms with Crippen LogP contribution in [0.2, 0.25) is 5.02 Å². The van der Waals surface area contributed by atoms with Gasteiger partial charge in [0.2, 0.25) is 0 Å². The Hall–Kier alpha value is -0.310. The molecule has 1 N–H and O–H groups in total. The van der Waals surface area contributed by atoms with Crippen molar-refractivity contribution < 1.29 is 4.39 Å². The Balaban J connectivity index is 0.000000980. The predicted molar refractivity (Wildman–Crippen MR) is 58.6 cm³/mol. The van der Waals surface area contributed by atoms with Gasteiger partial charge in [0.1, 0.15) is 5.82 Å². The summed E-state index contributed by atoms with van der Waals surface area (Å²) in [5.41, 5.74) is 0.888. The second kappa shape index (κ2) is 4.96. The molecule has 0 bridgehead atoms. The van der Waals surface area contributed by atoms with Crippen LogP contribution in [0.1, 0.15) is 24.4 Å². The standard InChI is InChI=1S/C10H11ClFN.ClH/c11-9-4-3-7(12)6-8(9)10-2-1-5-13-10;/h3-4,6,10,13H,1-2,5H2;1H/t10-;/m0./s1. The van der Waals surface area contributed by atoms with E-state index in [-0.39, 0.29) is 24.3 Å². The van der Waals surface area contributed by atoms with Crippen LogP contribution >= 0.6 is 24.0 Å². The zero-order valence-electron chi connectivity index (χ0n) is 7.59. The Morgan fingerprint density at radius 1 is 1.43 bits per heavy atom. The van der Waals surface area contributed by atoms with Gasteiger partial charge < -0.3 is 5.32 Å². The van der Waals surface area contributed by atoms with Crippen molar-refractivity contribution in [2.75, 3.05) is 6.54 Å². The minimum atomic E-state index is -0.215. The molecule has 0 saturated carbocycles. The summed E-state index contributed by atoms with van der Waals surface area (Å²) >= 11 is 5.97. The monoisotopic (exact) mass is 235 g/mol. The van der Waals surface area contributed by atoms with Crippen LogP contribution in [0.4, 0.5) is 4.39 Å². The molecule has 1 aromatic rings. The number of hydrogen-bond acceptors (Lipinski definition) is 1. The summed E-state index contributed by atoms with van der Waals surface area (Å²) in [4.78, 5) is 0. The molecular formula is C10H12Cl2FN. The molecule has 0 aliphatic carbocycles. The van der Waals surface area contributed by atoms with Crippen LogP contribution in [0.5, 0.6) is 0 Å². The van der Waals surface area contributed by atoms with Gasteiger partial charge in [-0.1, -0.05) is 11.6 Å². The largest absolute Gasteiger partial charge is 0.310 e. The Bertz CT molecular complexity index is 311. The lowest BCUT2D eigenvalue weighted by Gasteiger charge is -2.12. The van der Waals surface area contributed by atoms with Crippen molar-refractivity contribution in [3.63, 3.8) is 0 Å². The van der Waals surface area contributed by atoms with Crippen LogP contribution in [0, 0.1) is 5.82 Å². The smallest absolute Gasteiger partial charge is 0.123 e. The topological polar surface area (TPSA) is 12.0 Å². The molecule has 2 rings (SSSR count). The number of halogens is 3. The number of benzene rings is 1. The first-order valence-electron chi connectivity index (χ1n) is 4.46. The maximum absolute atomic E-state index is 12.9. The van der Waals surface area contributed by atoms with Gasteiger partial charge >= 0.3 is 0 Å². The zero-order chi connectivity index (χ0) is 9.26. The minimum Gasteiger partial charge on any atom is -0.310 e. The number of hydrogen-bond donors (Lipinski definition) is 1. The van der Waals surface area contributed by atoms with E-state index in [1.807, 2.05) is 0 Å². The first-order chi connectivity index (χ1) is 6.27. The van der Waals surface area contributed by atoms with Crippen LogP contribution < -0.4 is 5.32 Å². The molecule has 1 fully saturated rings. The summed E-state index contributed by atoms with van der Waals surface area (Å²) in [6.07, 6.45) is 2.18. The molecule has 0 unspecified atom stereocenters. The van der Waals surface area contributed by atoms with E-state index in [4.69, 9.17) is 11.6 Å². The highest BCUT2D eigenvalue weighted by Crippen LogP contribution is 2.29. The van der Waals surface area contributed by atoms with E-state index in [1.54, 1.807) is 6.07 Å². The molecular weight excluding hydrogens is 224 g/mol. The molecule has 0 amide bonds. The van der Waals surface area contributed by atoms with E-state index >= 15 is 0 Å². The van der Waals surface area contributed by atoms with Crippen molar-refractivity contribution >= 4 is 24.0 Å². The lowest BCUT2D eigenvalue weighted by Crippen LogP contribution is -2.13. The van der Waals surface area contributed by atoms with Crippen LogP contribution in [0.15, 0.2) is 18.2 Å². The molecule has 78 valence electrons. The Morgan fingerprint density at radius 3 is 2.86 bits per heavy atom. The first-order valence-corrected chi connectivity index (χ1v) is 4.83. The molecule has 1 aromatic carbocycles. The Morgan fingerprint density at radius 2 is 2.21 bits per heavy atom. The molecule has 1 aliphatic rings. The summed E-state index contributed by atoms with van der Waals surface area (Å²) in [7, 11) is 0. The van der Waals surface area contributed by atoms with Gasteiger partial charge in [-0.05, 0) is 43.1 Å². The van der Waals surface area contributed by atoms with Crippen molar-refractivity contribution in [2.24, 2.45) is 0 Å². The molecule has 1 nitrogen and oxygen atoms in total. The van der Waals surface area contributed by atoms with Gasteiger partial charge in [0.05, 0.1) is 0 Å². The molecule has 4 heteroatoms. The molecule has 0 aromatic heterocycles. The summed E-state index contributed by atoms with van der Waals surface area (Å²) in [5.74, 6) is -0.215. The van der Waals surface area contributed by atoms with Crippen LogP contribution in [0.25, 0.3) is 0 Å². The third-order valence-electron chi connectivity index (χ3n) is 2.39. The van der Waals surface area contributed by atoms with Gasteiger partial charge in [0, 0.05) is 11.1 Å². The molecule has 1 aliphatic heterocycles. The van der Waals surface area contributed by atoms with Gasteiger partial charge in [-0.15, -0.1) is 12.4 Å². The third kappa shape index (κ3) is 2.38. The normalized spacial score (nSPS) is 20.6. The Labute approximate surface area is 94.1 Å². The van der Waals surface area contributed by atoms with E-state index in [9.17, 15) is 4.39 Å². The lowest BCUT2D eigenvalue weighted by atomic mass is 10.1. The SMILES string of the molecule is Cl.Fc1ccc(Cl)c([C@@H]2CCCN2)c1. The third-order valence-corrected chi connectivity index (χ3v) is 2.74. The van der Waals surface area contributed by atoms with Gasteiger partial charge in [-0.2, -0.15) is 0 Å². The number of nitrogens with one attached hydrogen (secondary N) is 1. The average Bonchev–Trinajstić information content (AvgIpc) is 2.61. The molecule has 1 atom stereocenters. The maximum Gasteiger partial charge on any atom is 0.123 e. The summed E-state index contributed by atoms with van der Waals surface area (Å²) < 4.78 is 12.9. The average molecular weight is 236 g/mol. The maximum atomic E-state index is 12.9. The van der Waals surface area contributed by atoms with Crippen LogP contribution in [0.3, 0.4) is 0 Å². The number of rotatable bonds is 1. The van der Waals surface area contributed by atoms with Crippen molar-refractivity contribution in [1.29, 1.82) is 0 Å². The fourth-order valence-electron chi connectivity index (χ4n) is 1.73. The molecule has 0 radical (unpaired) electrons. The molecule has 14 heavy (non-hydrogen) atoms. The highest BCUT2D eigenvalue weighted by Gasteiger charge is 2.18. The second-order valence-electron chi connectivity index (χ2n) is 3.31. The quantitative estimate of drug-likeness (QED) is 0.788. The highest BCUT2D eigenvalue weighted by atomic mass is 35.5. The van der Waals surface area contributed by atoms with E-state index in [0.29, 0.717) is 5.02 Å². The van der Waals surface area contributed by atoms with Gasteiger partial charge in [-0.3, -0.25) is 0 Å². The highest BCUT2D eigenvalue weighted by molar-refractivity contribution is 6.31. The fourth-order valence-corrected chi connectivity index (χ4v) is 1.98. The van der Waals surface area contributed by atoms with Gasteiger partial charge in [0.15, 0.2) is 0 Å². The van der Waals surface area contributed by atoms with E-state index in [1.165, 1.54) is 12.1 Å². The molecule has 1 heterocycles. The second-order valence-corrected chi connectivity index (χ2v) is 3.72. The lowest BCUT2D eigenvalue weighted by molar-refractivity contribution is 0.607. The van der Waals surface area contributed by atoms with Crippen molar-refractivity contribution in [3.05, 3.63) is 34.6 Å². The summed E-state index contributed by atoms with van der Waals surface area (Å²) in [6, 6.07) is 4.77. The minimum absolute atomic E-state index is 0. The predicted octanol–water partition coefficient (Wildman–Crippen LogP) is 3.33. The van der Waals surface area contributed by atoms with E-state index in [2.05, 4.69) is 5.32 Å². The first kappa shape index (κ1) is 11.8. The van der Waals surface area contributed by atoms with Crippen molar-refractivity contribution in [1.82, 2.24) is 5.32 Å². The van der Waals surface area contributed by atoms with Crippen LogP contribution in [-0.4, -0.2) is 6.54 Å². The van der Waals surface area contributed by atoms with Crippen LogP contribution in [-0.2, 0) is 0 Å². The Kier molecular flexibility index (Phi) is 4.17. The van der Waals surface area contributed by atoms with Gasteiger partial charge in [0.25, 0.3) is 0 Å². The zero-order valence-corrected chi connectivity index (χ0v) is 9.17. The van der Waals surface area contributed by atoms with E-state index < -0.39 is 0 Å². The van der Waals surface area contributed by atoms with Crippen molar-refractivity contribution in [2.45, 2.75) is 18.9 Å². The van der Waals surface area contributed by atoms with Crippen molar-refractivity contribution in [3.8, 4) is 0 Å².